The van der Waals surface area contributed by atoms with E-state index in [1.54, 1.807) is 13.0 Å². The molecule has 1 aliphatic heterocycles. The Morgan fingerprint density at radius 2 is 2.11 bits per heavy atom. The summed E-state index contributed by atoms with van der Waals surface area (Å²) in [6.45, 7) is 2.14. The number of carbonyl (C=O) groups excluding carboxylic acids is 1. The second-order valence-corrected chi connectivity index (χ2v) is 6.86. The van der Waals surface area contributed by atoms with Crippen molar-refractivity contribution < 1.29 is 17.6 Å². The Bertz CT molecular complexity index is 585. The number of benzene rings is 1. The minimum absolute atomic E-state index is 0.00588. The van der Waals surface area contributed by atoms with Gasteiger partial charge in [0.15, 0.2) is 9.84 Å². The third kappa shape index (κ3) is 2.94. The largest absolute Gasteiger partial charge is 0.335 e. The molecule has 104 valence electrons. The molecule has 1 heterocycles. The quantitative estimate of drug-likeness (QED) is 0.845. The predicted molar refractivity (Wildman–Crippen MR) is 70.2 cm³/mol. The van der Waals surface area contributed by atoms with Gasteiger partial charge in [0, 0.05) is 12.6 Å². The van der Waals surface area contributed by atoms with Gasteiger partial charge in [-0.05, 0) is 25.5 Å². The summed E-state index contributed by atoms with van der Waals surface area (Å²) in [7, 11) is -3.06. The monoisotopic (exact) mass is 285 g/mol. The molecule has 0 bridgehead atoms. The summed E-state index contributed by atoms with van der Waals surface area (Å²) in [4.78, 5) is 13.7. The summed E-state index contributed by atoms with van der Waals surface area (Å²) >= 11 is 0. The molecular formula is C13H16FNO3S. The van der Waals surface area contributed by atoms with E-state index in [-0.39, 0.29) is 23.1 Å². The van der Waals surface area contributed by atoms with Crippen molar-refractivity contribution in [3.05, 3.63) is 35.6 Å². The Hall–Kier alpha value is -1.43. The maximum atomic E-state index is 13.6. The normalized spacial score (nSPS) is 21.3. The number of hydrogen-bond acceptors (Lipinski definition) is 3. The van der Waals surface area contributed by atoms with Gasteiger partial charge in [0.25, 0.3) is 5.91 Å². The van der Waals surface area contributed by atoms with E-state index in [0.29, 0.717) is 13.0 Å². The molecule has 0 N–H and O–H groups in total. The fourth-order valence-electron chi connectivity index (χ4n) is 2.38. The van der Waals surface area contributed by atoms with Gasteiger partial charge in [0.1, 0.15) is 5.82 Å². The van der Waals surface area contributed by atoms with E-state index in [1.165, 1.54) is 23.1 Å². The molecule has 1 amide bonds. The third-order valence-electron chi connectivity index (χ3n) is 3.35. The van der Waals surface area contributed by atoms with Crippen LogP contribution in [0.5, 0.6) is 0 Å². The molecule has 1 fully saturated rings. The standard InChI is InChI=1S/C13H16FNO3S/c1-2-15(10-7-8-19(17,18)9-10)13(16)11-5-3-4-6-12(11)14/h3-6,10H,2,7-9H2,1H3/t10-/m0/s1. The molecule has 0 saturated carbocycles. The number of halogens is 1. The van der Waals surface area contributed by atoms with Crippen molar-refractivity contribution >= 4 is 15.7 Å². The first-order chi connectivity index (χ1) is 8.94. The van der Waals surface area contributed by atoms with Crippen LogP contribution in [0, 0.1) is 5.82 Å². The van der Waals surface area contributed by atoms with Crippen molar-refractivity contribution in [1.29, 1.82) is 0 Å². The minimum Gasteiger partial charge on any atom is -0.335 e. The van der Waals surface area contributed by atoms with Crippen LogP contribution in [0.4, 0.5) is 4.39 Å². The molecule has 0 aliphatic carbocycles. The highest BCUT2D eigenvalue weighted by Gasteiger charge is 2.34. The lowest BCUT2D eigenvalue weighted by molar-refractivity contribution is 0.0703. The highest BCUT2D eigenvalue weighted by molar-refractivity contribution is 7.91. The van der Waals surface area contributed by atoms with Crippen LogP contribution in [0.15, 0.2) is 24.3 Å². The minimum atomic E-state index is -3.06. The lowest BCUT2D eigenvalue weighted by Crippen LogP contribution is -2.41. The van der Waals surface area contributed by atoms with Crippen molar-refractivity contribution in [2.45, 2.75) is 19.4 Å². The van der Waals surface area contributed by atoms with Gasteiger partial charge in [-0.15, -0.1) is 0 Å². The molecule has 1 atom stereocenters. The summed E-state index contributed by atoms with van der Waals surface area (Å²) in [6, 6.07) is 5.41. The maximum Gasteiger partial charge on any atom is 0.257 e. The zero-order chi connectivity index (χ0) is 14.0. The first-order valence-corrected chi connectivity index (χ1v) is 8.02. The lowest BCUT2D eigenvalue weighted by atomic mass is 10.1. The van der Waals surface area contributed by atoms with Crippen molar-refractivity contribution in [2.75, 3.05) is 18.1 Å². The van der Waals surface area contributed by atoms with Crippen LogP contribution in [0.25, 0.3) is 0 Å². The predicted octanol–water partition coefficient (Wildman–Crippen LogP) is 1.47. The number of rotatable bonds is 3. The van der Waals surface area contributed by atoms with E-state index in [9.17, 15) is 17.6 Å². The summed E-state index contributed by atoms with van der Waals surface area (Å²) in [5, 5.41) is 0. The highest BCUT2D eigenvalue weighted by atomic mass is 32.2. The summed E-state index contributed by atoms with van der Waals surface area (Å²) in [6.07, 6.45) is 0.427. The number of amides is 1. The van der Waals surface area contributed by atoms with Crippen LogP contribution in [-0.4, -0.2) is 43.3 Å². The van der Waals surface area contributed by atoms with E-state index in [4.69, 9.17) is 0 Å². The Labute approximate surface area is 112 Å². The molecule has 1 aliphatic rings. The van der Waals surface area contributed by atoms with Gasteiger partial charge in [-0.3, -0.25) is 4.79 Å². The second kappa shape index (κ2) is 5.28. The summed E-state index contributed by atoms with van der Waals surface area (Å²) in [5.41, 5.74) is -0.00588. The molecule has 1 saturated heterocycles. The van der Waals surface area contributed by atoms with Gasteiger partial charge >= 0.3 is 0 Å². The number of nitrogens with zero attached hydrogens (tertiary/aromatic N) is 1. The van der Waals surface area contributed by atoms with Gasteiger partial charge in [-0.25, -0.2) is 12.8 Å². The van der Waals surface area contributed by atoms with Crippen LogP contribution in [-0.2, 0) is 9.84 Å². The smallest absolute Gasteiger partial charge is 0.257 e. The third-order valence-corrected chi connectivity index (χ3v) is 5.11. The molecular weight excluding hydrogens is 269 g/mol. The highest BCUT2D eigenvalue weighted by Crippen LogP contribution is 2.20. The van der Waals surface area contributed by atoms with Crippen LogP contribution >= 0.6 is 0 Å². The topological polar surface area (TPSA) is 54.5 Å². The fraction of sp³-hybridized carbons (Fsp3) is 0.462. The second-order valence-electron chi connectivity index (χ2n) is 4.63. The molecule has 0 unspecified atom stereocenters. The molecule has 4 nitrogen and oxygen atoms in total. The number of hydrogen-bond donors (Lipinski definition) is 0. The first-order valence-electron chi connectivity index (χ1n) is 6.20. The van der Waals surface area contributed by atoms with Gasteiger partial charge in [0.2, 0.25) is 0 Å². The van der Waals surface area contributed by atoms with Crippen LogP contribution in [0.2, 0.25) is 0 Å². The number of carbonyl (C=O) groups is 1. The van der Waals surface area contributed by atoms with Gasteiger partial charge in [-0.1, -0.05) is 12.1 Å². The van der Waals surface area contributed by atoms with E-state index >= 15 is 0 Å². The average molecular weight is 285 g/mol. The molecule has 0 spiro atoms. The van der Waals surface area contributed by atoms with Crippen molar-refractivity contribution in [1.82, 2.24) is 4.90 Å². The Morgan fingerprint density at radius 3 is 2.63 bits per heavy atom. The molecule has 0 aromatic heterocycles. The van der Waals surface area contributed by atoms with Gasteiger partial charge in [0.05, 0.1) is 17.1 Å². The zero-order valence-corrected chi connectivity index (χ0v) is 11.5. The van der Waals surface area contributed by atoms with E-state index < -0.39 is 21.6 Å². The molecule has 6 heteroatoms. The van der Waals surface area contributed by atoms with Crippen molar-refractivity contribution in [2.24, 2.45) is 0 Å². The van der Waals surface area contributed by atoms with E-state index in [1.807, 2.05) is 0 Å². The maximum absolute atomic E-state index is 13.6. The molecule has 0 radical (unpaired) electrons. The van der Waals surface area contributed by atoms with E-state index in [2.05, 4.69) is 0 Å². The van der Waals surface area contributed by atoms with Crippen LogP contribution in [0.3, 0.4) is 0 Å². The molecule has 1 aromatic carbocycles. The number of sulfone groups is 1. The van der Waals surface area contributed by atoms with Crippen molar-refractivity contribution in [3.8, 4) is 0 Å². The first kappa shape index (κ1) is 14.0. The molecule has 1 aromatic rings. The SMILES string of the molecule is CCN(C(=O)c1ccccc1F)[C@H]1CCS(=O)(=O)C1. The Kier molecular flexibility index (Phi) is 3.89. The Morgan fingerprint density at radius 1 is 1.42 bits per heavy atom. The zero-order valence-electron chi connectivity index (χ0n) is 10.7. The van der Waals surface area contributed by atoms with Gasteiger partial charge < -0.3 is 4.90 Å². The summed E-state index contributed by atoms with van der Waals surface area (Å²) < 4.78 is 36.6. The van der Waals surface area contributed by atoms with Crippen molar-refractivity contribution in [3.63, 3.8) is 0 Å². The average Bonchev–Trinajstić information content (AvgIpc) is 2.71. The van der Waals surface area contributed by atoms with E-state index in [0.717, 1.165) is 0 Å². The fourth-order valence-corrected chi connectivity index (χ4v) is 4.11. The molecule has 19 heavy (non-hydrogen) atoms. The summed E-state index contributed by atoms with van der Waals surface area (Å²) in [5.74, 6) is -0.950. The van der Waals surface area contributed by atoms with Crippen LogP contribution < -0.4 is 0 Å². The van der Waals surface area contributed by atoms with Gasteiger partial charge in [-0.2, -0.15) is 0 Å². The Balaban J connectivity index is 2.24. The van der Waals surface area contributed by atoms with Crippen LogP contribution in [0.1, 0.15) is 23.7 Å². The lowest BCUT2D eigenvalue weighted by Gasteiger charge is -2.27. The molecule has 2 rings (SSSR count).